The first kappa shape index (κ1) is 22.2. The number of ether oxygens (including phenoxy) is 1. The van der Waals surface area contributed by atoms with Crippen molar-refractivity contribution in [3.05, 3.63) is 69.0 Å². The molecule has 0 N–H and O–H groups in total. The highest BCUT2D eigenvalue weighted by Crippen LogP contribution is 2.30. The molecule has 0 fully saturated rings. The summed E-state index contributed by atoms with van der Waals surface area (Å²) in [5, 5.41) is 20.4. The molecule has 32 heavy (non-hydrogen) atoms. The van der Waals surface area contributed by atoms with E-state index in [9.17, 15) is 29.8 Å². The van der Waals surface area contributed by atoms with E-state index >= 15 is 0 Å². The van der Waals surface area contributed by atoms with Gasteiger partial charge < -0.3 is 9.15 Å². The second-order valence-corrected chi connectivity index (χ2v) is 6.78. The third-order valence-electron chi connectivity index (χ3n) is 4.70. The number of hydrogen-bond acceptors (Lipinski definition) is 8. The van der Waals surface area contributed by atoms with Gasteiger partial charge in [0.15, 0.2) is 0 Å². The van der Waals surface area contributed by atoms with Gasteiger partial charge in [-0.3, -0.25) is 29.4 Å². The van der Waals surface area contributed by atoms with E-state index in [4.69, 9.17) is 9.15 Å². The van der Waals surface area contributed by atoms with E-state index in [1.54, 1.807) is 18.2 Å². The number of rotatable bonds is 6. The van der Waals surface area contributed by atoms with Gasteiger partial charge in [0.1, 0.15) is 29.8 Å². The van der Waals surface area contributed by atoms with E-state index in [2.05, 4.69) is 0 Å². The van der Waals surface area contributed by atoms with Crippen molar-refractivity contribution in [3.63, 3.8) is 0 Å². The topological polar surface area (TPSA) is 144 Å². The van der Waals surface area contributed by atoms with Gasteiger partial charge in [-0.2, -0.15) is 5.26 Å². The smallest absolute Gasteiger partial charge is 0.302 e. The molecule has 0 spiro atoms. The maximum Gasteiger partial charge on any atom is 0.302 e. The summed E-state index contributed by atoms with van der Waals surface area (Å²) >= 11 is 0. The number of hydrogen-bond donors (Lipinski definition) is 0. The van der Waals surface area contributed by atoms with Crippen LogP contribution in [0, 0.1) is 21.4 Å². The molecule has 10 heteroatoms. The van der Waals surface area contributed by atoms with Gasteiger partial charge in [0.25, 0.3) is 17.5 Å². The Hall–Kier alpha value is -4.52. The molecule has 0 unspecified atom stereocenters. The van der Waals surface area contributed by atoms with Gasteiger partial charge in [-0.1, -0.05) is 12.1 Å². The number of non-ortho nitro benzene ring substituents is 1. The number of nitrogens with zero attached hydrogens (tertiary/aromatic N) is 3. The standard InChI is InChI=1S/C22H17N3O7/c1-13-18(21(27)24(8-9-31-14(2)26)22(28)19(13)12-23)11-17-6-7-20(32-17)15-4-3-5-16(10-15)25(29)30/h3-7,10-11H,8-9H2,1-2H3/b18-11+. The molecule has 0 aliphatic carbocycles. The Morgan fingerprint density at radius 1 is 1.28 bits per heavy atom. The Morgan fingerprint density at radius 3 is 2.69 bits per heavy atom. The molecule has 162 valence electrons. The molecule has 2 heterocycles. The molecule has 2 amide bonds. The van der Waals surface area contributed by atoms with Crippen molar-refractivity contribution in [1.82, 2.24) is 4.90 Å². The van der Waals surface area contributed by atoms with E-state index in [0.717, 1.165) is 4.90 Å². The number of benzene rings is 1. The number of carbonyl (C=O) groups excluding carboxylic acids is 3. The summed E-state index contributed by atoms with van der Waals surface area (Å²) in [6.07, 6.45) is 1.39. The lowest BCUT2D eigenvalue weighted by molar-refractivity contribution is -0.384. The number of furan rings is 1. The molecule has 10 nitrogen and oxygen atoms in total. The van der Waals surface area contributed by atoms with Crippen LogP contribution in [-0.4, -0.2) is 40.8 Å². The first-order chi connectivity index (χ1) is 15.2. The van der Waals surface area contributed by atoms with Crippen molar-refractivity contribution in [2.45, 2.75) is 13.8 Å². The summed E-state index contributed by atoms with van der Waals surface area (Å²) < 4.78 is 10.5. The average molecular weight is 435 g/mol. The molecule has 0 atom stereocenters. The average Bonchev–Trinajstić information content (AvgIpc) is 3.22. The van der Waals surface area contributed by atoms with E-state index in [1.165, 1.54) is 38.1 Å². The number of carbonyl (C=O) groups is 3. The summed E-state index contributed by atoms with van der Waals surface area (Å²) in [6, 6.07) is 10.8. The Kier molecular flexibility index (Phi) is 6.30. The van der Waals surface area contributed by atoms with Crippen LogP contribution in [0.5, 0.6) is 0 Å². The van der Waals surface area contributed by atoms with Crippen molar-refractivity contribution >= 4 is 29.5 Å². The molecule has 1 aromatic carbocycles. The first-order valence-electron chi connectivity index (χ1n) is 9.40. The number of nitriles is 1. The second-order valence-electron chi connectivity index (χ2n) is 6.78. The maximum absolute atomic E-state index is 12.9. The van der Waals surface area contributed by atoms with Crippen molar-refractivity contribution in [2.75, 3.05) is 13.2 Å². The SMILES string of the molecule is CC(=O)OCCN1C(=O)C(C#N)=C(C)/C(=C\c2ccc(-c3cccc([N+](=O)[O-])c3)o2)C1=O. The second kappa shape index (κ2) is 9.09. The monoisotopic (exact) mass is 435 g/mol. The van der Waals surface area contributed by atoms with Crippen LogP contribution in [0.1, 0.15) is 19.6 Å². The van der Waals surface area contributed by atoms with Crippen LogP contribution in [0.3, 0.4) is 0 Å². The third kappa shape index (κ3) is 4.46. The molecule has 3 rings (SSSR count). The lowest BCUT2D eigenvalue weighted by atomic mass is 9.94. The highest BCUT2D eigenvalue weighted by molar-refractivity contribution is 6.19. The number of esters is 1. The molecular weight excluding hydrogens is 418 g/mol. The quantitative estimate of drug-likeness (QED) is 0.221. The molecule has 0 bridgehead atoms. The Bertz CT molecular complexity index is 1230. The first-order valence-corrected chi connectivity index (χ1v) is 9.40. The predicted octanol–water partition coefficient (Wildman–Crippen LogP) is 3.01. The molecule has 0 saturated carbocycles. The number of imide groups is 1. The van der Waals surface area contributed by atoms with E-state index in [0.29, 0.717) is 11.3 Å². The number of amides is 2. The Labute approximate surface area is 182 Å². The van der Waals surface area contributed by atoms with Crippen LogP contribution >= 0.6 is 0 Å². The van der Waals surface area contributed by atoms with Crippen LogP contribution in [0.15, 0.2) is 57.5 Å². The summed E-state index contributed by atoms with van der Waals surface area (Å²) in [6.45, 7) is 2.28. The fraction of sp³-hybridized carbons (Fsp3) is 0.182. The van der Waals surface area contributed by atoms with E-state index in [-0.39, 0.29) is 41.3 Å². The lowest BCUT2D eigenvalue weighted by Gasteiger charge is -2.27. The number of nitro groups is 1. The van der Waals surface area contributed by atoms with Gasteiger partial charge in [0.05, 0.1) is 11.5 Å². The largest absolute Gasteiger partial charge is 0.464 e. The zero-order valence-electron chi connectivity index (χ0n) is 17.2. The van der Waals surface area contributed by atoms with E-state index in [1.807, 2.05) is 6.07 Å². The summed E-state index contributed by atoms with van der Waals surface area (Å²) in [7, 11) is 0. The Balaban J connectivity index is 1.95. The zero-order valence-corrected chi connectivity index (χ0v) is 17.2. The predicted molar refractivity (Wildman–Crippen MR) is 110 cm³/mol. The van der Waals surface area contributed by atoms with Crippen LogP contribution in [0.25, 0.3) is 17.4 Å². The van der Waals surface area contributed by atoms with Gasteiger partial charge in [0, 0.05) is 30.2 Å². The van der Waals surface area contributed by atoms with Gasteiger partial charge in [-0.05, 0) is 30.7 Å². The highest BCUT2D eigenvalue weighted by atomic mass is 16.6. The molecular formula is C22H17N3O7. The lowest BCUT2D eigenvalue weighted by Crippen LogP contribution is -2.44. The Morgan fingerprint density at radius 2 is 2.03 bits per heavy atom. The summed E-state index contributed by atoms with van der Waals surface area (Å²) in [5.41, 5.74) is 0.440. The fourth-order valence-corrected chi connectivity index (χ4v) is 3.11. The van der Waals surface area contributed by atoms with E-state index < -0.39 is 22.7 Å². The van der Waals surface area contributed by atoms with Crippen LogP contribution < -0.4 is 0 Å². The maximum atomic E-state index is 12.9. The highest BCUT2D eigenvalue weighted by Gasteiger charge is 2.35. The van der Waals surface area contributed by atoms with Crippen LogP contribution in [0.4, 0.5) is 5.69 Å². The third-order valence-corrected chi connectivity index (χ3v) is 4.70. The molecule has 1 aliphatic heterocycles. The molecule has 1 aliphatic rings. The van der Waals surface area contributed by atoms with Gasteiger partial charge in [-0.15, -0.1) is 0 Å². The summed E-state index contributed by atoms with van der Waals surface area (Å²) in [5.74, 6) is -1.40. The van der Waals surface area contributed by atoms with Gasteiger partial charge in [0.2, 0.25) is 0 Å². The molecule has 1 aromatic heterocycles. The van der Waals surface area contributed by atoms with Crippen molar-refractivity contribution in [3.8, 4) is 17.4 Å². The van der Waals surface area contributed by atoms with Crippen LogP contribution in [-0.2, 0) is 19.1 Å². The van der Waals surface area contributed by atoms with Crippen molar-refractivity contribution in [1.29, 1.82) is 5.26 Å². The minimum atomic E-state index is -0.768. The number of nitro benzene ring substituents is 1. The van der Waals surface area contributed by atoms with Gasteiger partial charge >= 0.3 is 5.97 Å². The zero-order chi connectivity index (χ0) is 23.4. The van der Waals surface area contributed by atoms with Crippen LogP contribution in [0.2, 0.25) is 0 Å². The normalized spacial score (nSPS) is 15.2. The van der Waals surface area contributed by atoms with Crippen molar-refractivity contribution in [2.24, 2.45) is 0 Å². The fourth-order valence-electron chi connectivity index (χ4n) is 3.11. The summed E-state index contributed by atoms with van der Waals surface area (Å²) in [4.78, 5) is 47.7. The van der Waals surface area contributed by atoms with Crippen molar-refractivity contribution < 1.29 is 28.5 Å². The molecule has 0 saturated heterocycles. The molecule has 2 aromatic rings. The molecule has 0 radical (unpaired) electrons. The minimum absolute atomic E-state index is 0.0731. The minimum Gasteiger partial charge on any atom is -0.464 e. The van der Waals surface area contributed by atoms with Gasteiger partial charge in [-0.25, -0.2) is 0 Å².